The maximum atomic E-state index is 13.5. The van der Waals surface area contributed by atoms with Gasteiger partial charge in [-0.2, -0.15) is 0 Å². The van der Waals surface area contributed by atoms with Crippen molar-refractivity contribution in [2.24, 2.45) is 40.4 Å². The van der Waals surface area contributed by atoms with Crippen molar-refractivity contribution in [2.75, 3.05) is 25.6 Å². The van der Waals surface area contributed by atoms with Crippen molar-refractivity contribution >= 4 is 17.7 Å². The summed E-state index contributed by atoms with van der Waals surface area (Å²) in [6, 6.07) is 4.30. The summed E-state index contributed by atoms with van der Waals surface area (Å²) in [5.74, 6) is 2.24. The lowest BCUT2D eigenvalue weighted by molar-refractivity contribution is -0.175. The second-order valence-corrected chi connectivity index (χ2v) is 12.9. The molecule has 1 aromatic carbocycles. The van der Waals surface area contributed by atoms with Crippen LogP contribution in [-0.4, -0.2) is 43.0 Å². The first-order valence-electron chi connectivity index (χ1n) is 13.9. The molecule has 4 aliphatic carbocycles. The summed E-state index contributed by atoms with van der Waals surface area (Å²) in [6.45, 7) is 5.38. The Balaban J connectivity index is 1.32. The molecule has 4 fully saturated rings. The summed E-state index contributed by atoms with van der Waals surface area (Å²) >= 11 is 0. The van der Waals surface area contributed by atoms with Crippen LogP contribution in [0.15, 0.2) is 18.2 Å². The average Bonchev–Trinajstić information content (AvgIpc) is 3.20. The van der Waals surface area contributed by atoms with Crippen LogP contribution in [0.4, 0.5) is 10.1 Å². The van der Waals surface area contributed by atoms with Gasteiger partial charge in [-0.25, -0.2) is 4.39 Å². The number of benzene rings is 1. The zero-order valence-electron chi connectivity index (χ0n) is 22.1. The number of anilines is 1. The molecule has 4 aliphatic rings. The minimum absolute atomic E-state index is 0.0222. The first-order chi connectivity index (χ1) is 17.1. The molecule has 6 heteroatoms. The molecule has 1 aromatic rings. The van der Waals surface area contributed by atoms with Crippen LogP contribution in [0.2, 0.25) is 0 Å². The molecule has 0 unspecified atom stereocenters. The van der Waals surface area contributed by atoms with E-state index in [1.165, 1.54) is 18.6 Å². The van der Waals surface area contributed by atoms with Crippen molar-refractivity contribution in [3.05, 3.63) is 29.6 Å². The molecule has 0 radical (unpaired) electrons. The van der Waals surface area contributed by atoms with Crippen LogP contribution in [0.3, 0.4) is 0 Å². The normalized spacial score (nSPS) is 41.6. The third-order valence-electron chi connectivity index (χ3n) is 11.1. The molecule has 5 rings (SSSR count). The Kier molecular flexibility index (Phi) is 6.82. The lowest BCUT2D eigenvalue weighted by Crippen LogP contribution is -2.58. The van der Waals surface area contributed by atoms with Gasteiger partial charge in [-0.3, -0.25) is 4.79 Å². The number of methoxy groups -OCH3 is 1. The highest BCUT2D eigenvalue weighted by Crippen LogP contribution is 2.68. The van der Waals surface area contributed by atoms with E-state index in [0.717, 1.165) is 64.2 Å². The highest BCUT2D eigenvalue weighted by molar-refractivity contribution is 5.90. The molecule has 0 amide bonds. The first-order valence-corrected chi connectivity index (χ1v) is 13.9. The van der Waals surface area contributed by atoms with E-state index in [2.05, 4.69) is 12.2 Å². The van der Waals surface area contributed by atoms with Gasteiger partial charge in [0, 0.05) is 30.5 Å². The van der Waals surface area contributed by atoms with Gasteiger partial charge < -0.3 is 20.6 Å². The molecule has 0 bridgehead atoms. The van der Waals surface area contributed by atoms with E-state index >= 15 is 0 Å². The number of fused-ring (bicyclic) bond motifs is 5. The highest BCUT2D eigenvalue weighted by atomic mass is 19.1. The fourth-order valence-corrected chi connectivity index (χ4v) is 9.43. The maximum absolute atomic E-state index is 13.5. The molecule has 3 N–H and O–H groups in total. The molecule has 4 saturated carbocycles. The Morgan fingerprint density at radius 3 is 2.72 bits per heavy atom. The van der Waals surface area contributed by atoms with E-state index in [4.69, 9.17) is 10.1 Å². The number of hydrogen-bond acceptors (Lipinski definition) is 5. The van der Waals surface area contributed by atoms with E-state index in [1.54, 1.807) is 6.07 Å². The van der Waals surface area contributed by atoms with Gasteiger partial charge in [0.2, 0.25) is 0 Å². The fraction of sp³-hybridized carbons (Fsp3) is 0.733. The maximum Gasteiger partial charge on any atom is 0.155 e. The summed E-state index contributed by atoms with van der Waals surface area (Å²) in [6.07, 6.45) is 10.5. The number of Topliss-reactive ketones (excluding diaryl/α,β-unsaturated/α-hetero) is 1. The monoisotopic (exact) mass is 498 g/mol. The number of aliphatic hydroxyl groups is 1. The summed E-state index contributed by atoms with van der Waals surface area (Å²) in [7, 11) is 1.83. The smallest absolute Gasteiger partial charge is 0.155 e. The molecule has 8 atom stereocenters. The van der Waals surface area contributed by atoms with Crippen molar-refractivity contribution in [3.63, 3.8) is 0 Å². The Hall–Kier alpha value is -1.79. The van der Waals surface area contributed by atoms with Crippen LogP contribution in [0.25, 0.3) is 0 Å². The van der Waals surface area contributed by atoms with Crippen molar-refractivity contribution in [2.45, 2.75) is 77.2 Å². The molecule has 0 aromatic heterocycles. The van der Waals surface area contributed by atoms with Gasteiger partial charge >= 0.3 is 0 Å². The lowest BCUT2D eigenvalue weighted by atomic mass is 9.43. The SMILES string of the molecule is COC[C@]12CC[C@@](C)(O)C[C@@H]1CC[C@H]1[C@@H]3CC[C@H](C(=O)CNc4ccc(F)cc4C=N)[C@@]3(C)CC[C@@H]12. The lowest BCUT2D eigenvalue weighted by Gasteiger charge is -2.62. The minimum atomic E-state index is -0.558. The van der Waals surface area contributed by atoms with E-state index in [1.807, 2.05) is 14.0 Å². The largest absolute Gasteiger partial charge is 0.390 e. The van der Waals surface area contributed by atoms with E-state index in [9.17, 15) is 14.3 Å². The second-order valence-electron chi connectivity index (χ2n) is 12.9. The van der Waals surface area contributed by atoms with Crippen molar-refractivity contribution < 1.29 is 19.0 Å². The number of ketones is 1. The average molecular weight is 499 g/mol. The van der Waals surface area contributed by atoms with Gasteiger partial charge in [0.15, 0.2) is 5.78 Å². The molecule has 198 valence electrons. The topological polar surface area (TPSA) is 82.4 Å². The Morgan fingerprint density at radius 1 is 1.17 bits per heavy atom. The van der Waals surface area contributed by atoms with Crippen LogP contribution >= 0.6 is 0 Å². The van der Waals surface area contributed by atoms with Gasteiger partial charge in [0.1, 0.15) is 5.82 Å². The van der Waals surface area contributed by atoms with Gasteiger partial charge in [-0.05, 0) is 117 Å². The van der Waals surface area contributed by atoms with Crippen LogP contribution in [0.5, 0.6) is 0 Å². The third-order valence-corrected chi connectivity index (χ3v) is 11.1. The number of nitrogens with one attached hydrogen (secondary N) is 2. The number of carbonyl (C=O) groups is 1. The van der Waals surface area contributed by atoms with E-state index < -0.39 is 5.60 Å². The van der Waals surface area contributed by atoms with Crippen LogP contribution < -0.4 is 5.32 Å². The molecule has 36 heavy (non-hydrogen) atoms. The number of ether oxygens (including phenoxy) is 1. The van der Waals surface area contributed by atoms with Crippen LogP contribution in [-0.2, 0) is 9.53 Å². The molecule has 0 saturated heterocycles. The summed E-state index contributed by atoms with van der Waals surface area (Å²) in [5, 5.41) is 21.6. The predicted octanol–water partition coefficient (Wildman–Crippen LogP) is 5.84. The third kappa shape index (κ3) is 4.22. The molecular weight excluding hydrogens is 455 g/mol. The highest BCUT2D eigenvalue weighted by Gasteiger charge is 2.63. The van der Waals surface area contributed by atoms with E-state index in [0.29, 0.717) is 34.9 Å². The fourth-order valence-electron chi connectivity index (χ4n) is 9.43. The number of carbonyl (C=O) groups excluding carboxylic acids is 1. The quantitative estimate of drug-likeness (QED) is 0.413. The number of halogens is 1. The minimum Gasteiger partial charge on any atom is -0.390 e. The van der Waals surface area contributed by atoms with Gasteiger partial charge in [-0.1, -0.05) is 6.92 Å². The summed E-state index contributed by atoms with van der Waals surface area (Å²) in [5.41, 5.74) is 0.727. The first kappa shape index (κ1) is 25.8. The van der Waals surface area contributed by atoms with Crippen molar-refractivity contribution in [1.82, 2.24) is 0 Å². The molecule has 5 nitrogen and oxygen atoms in total. The predicted molar refractivity (Wildman–Crippen MR) is 140 cm³/mol. The van der Waals surface area contributed by atoms with Gasteiger partial charge in [0.05, 0.1) is 18.8 Å². The number of rotatable bonds is 7. The van der Waals surface area contributed by atoms with Crippen LogP contribution in [0.1, 0.15) is 77.2 Å². The molecule has 0 aliphatic heterocycles. The van der Waals surface area contributed by atoms with Crippen molar-refractivity contribution in [1.29, 1.82) is 5.41 Å². The van der Waals surface area contributed by atoms with Crippen molar-refractivity contribution in [3.8, 4) is 0 Å². The van der Waals surface area contributed by atoms with E-state index in [-0.39, 0.29) is 34.9 Å². The van der Waals surface area contributed by atoms with Gasteiger partial charge in [-0.15, -0.1) is 0 Å². The molecular formula is C30H43FN2O3. The van der Waals surface area contributed by atoms with Crippen LogP contribution in [0, 0.1) is 51.6 Å². The standard InChI is InChI=1S/C30H43FN2O3/c1-28(35)12-13-30(18-36-3)20(15-28)4-6-22-23-7-8-25(29(23,2)11-10-24(22)30)27(34)17-33-26-9-5-21(31)14-19(26)16-32/h5,9,14,16,20,22-25,32-33,35H,4,6-8,10-13,15,17-18H2,1-3H3/t20-,22-,23-,24-,25+,28+,29-,30+/m0/s1. The summed E-state index contributed by atoms with van der Waals surface area (Å²) < 4.78 is 19.4. The number of hydrogen-bond donors (Lipinski definition) is 3. The zero-order chi connectivity index (χ0) is 25.7. The Labute approximate surface area is 215 Å². The summed E-state index contributed by atoms with van der Waals surface area (Å²) in [4.78, 5) is 13.5. The molecule has 0 heterocycles. The second kappa shape index (κ2) is 9.50. The Morgan fingerprint density at radius 2 is 1.97 bits per heavy atom. The Bertz CT molecular complexity index is 1010. The molecule has 0 spiro atoms. The van der Waals surface area contributed by atoms with Gasteiger partial charge in [0.25, 0.3) is 0 Å². The zero-order valence-corrected chi connectivity index (χ0v) is 22.1.